The lowest BCUT2D eigenvalue weighted by atomic mass is 10.1. The molecule has 1 heterocycles. The molecule has 9 heteroatoms. The van der Waals surface area contributed by atoms with Gasteiger partial charge < -0.3 is 9.64 Å². The molecule has 2 aromatic rings. The summed E-state index contributed by atoms with van der Waals surface area (Å²) in [6.45, 7) is 6.21. The second kappa shape index (κ2) is 10.9. The Bertz CT molecular complexity index is 866. The third-order valence-corrected chi connectivity index (χ3v) is 5.33. The van der Waals surface area contributed by atoms with Crippen molar-refractivity contribution in [3.05, 3.63) is 34.8 Å². The molecule has 0 saturated carbocycles. The van der Waals surface area contributed by atoms with E-state index >= 15 is 0 Å². The van der Waals surface area contributed by atoms with Gasteiger partial charge in [0.2, 0.25) is 5.91 Å². The van der Waals surface area contributed by atoms with Crippen LogP contribution in [0.15, 0.2) is 23.6 Å². The Morgan fingerprint density at radius 2 is 1.94 bits per heavy atom. The number of thiazole rings is 1. The van der Waals surface area contributed by atoms with Crippen LogP contribution in [-0.2, 0) is 17.5 Å². The number of rotatable bonds is 10. The molecule has 0 atom stereocenters. The van der Waals surface area contributed by atoms with E-state index in [1.807, 2.05) is 31.3 Å². The maximum Gasteiger partial charge on any atom is 0.420 e. The first-order valence-electron chi connectivity index (χ1n) is 10.3. The van der Waals surface area contributed by atoms with Crippen LogP contribution in [0.25, 0.3) is 0 Å². The van der Waals surface area contributed by atoms with Gasteiger partial charge in [-0.3, -0.25) is 9.69 Å². The number of unbranched alkanes of at least 4 members (excludes halogenated alkanes) is 2. The number of amides is 1. The van der Waals surface area contributed by atoms with Gasteiger partial charge in [-0.15, -0.1) is 11.3 Å². The van der Waals surface area contributed by atoms with Gasteiger partial charge in [-0.05, 0) is 38.7 Å². The highest BCUT2D eigenvalue weighted by Crippen LogP contribution is 2.41. The van der Waals surface area contributed by atoms with Gasteiger partial charge in [-0.1, -0.05) is 33.6 Å². The number of nitrogens with zero attached hydrogens (tertiary/aromatic N) is 3. The van der Waals surface area contributed by atoms with Crippen molar-refractivity contribution in [2.75, 3.05) is 25.6 Å². The summed E-state index contributed by atoms with van der Waals surface area (Å²) in [5.41, 5.74) is -0.0238. The number of halogens is 3. The monoisotopic (exact) mass is 457 g/mol. The molecule has 1 amide bonds. The summed E-state index contributed by atoms with van der Waals surface area (Å²) in [5, 5.41) is 2.16. The molecule has 0 aliphatic carbocycles. The lowest BCUT2D eigenvalue weighted by Gasteiger charge is -2.24. The van der Waals surface area contributed by atoms with Crippen LogP contribution in [0.3, 0.4) is 0 Å². The first kappa shape index (κ1) is 25.1. The molecule has 5 nitrogen and oxygen atoms in total. The minimum Gasteiger partial charge on any atom is -0.493 e. The molecule has 1 aromatic carbocycles. The zero-order chi connectivity index (χ0) is 23.2. The maximum atomic E-state index is 13.8. The molecule has 0 spiro atoms. The second-order valence-electron chi connectivity index (χ2n) is 7.92. The minimum atomic E-state index is -4.61. The number of alkyl halides is 3. The summed E-state index contributed by atoms with van der Waals surface area (Å²) in [7, 11) is 3.79. The van der Waals surface area contributed by atoms with E-state index in [1.165, 1.54) is 28.4 Å². The van der Waals surface area contributed by atoms with Crippen LogP contribution in [0, 0.1) is 5.92 Å². The lowest BCUT2D eigenvalue weighted by molar-refractivity contribution is -0.139. The van der Waals surface area contributed by atoms with E-state index in [2.05, 4.69) is 4.98 Å². The molecule has 0 radical (unpaired) electrons. The summed E-state index contributed by atoms with van der Waals surface area (Å²) in [4.78, 5) is 20.6. The van der Waals surface area contributed by atoms with Crippen molar-refractivity contribution < 1.29 is 22.7 Å². The summed E-state index contributed by atoms with van der Waals surface area (Å²) >= 11 is 1.23. The highest BCUT2D eigenvalue weighted by Gasteiger charge is 2.36. The third-order valence-electron chi connectivity index (χ3n) is 4.46. The molecule has 1 aromatic heterocycles. The van der Waals surface area contributed by atoms with E-state index in [4.69, 9.17) is 4.74 Å². The topological polar surface area (TPSA) is 45.7 Å². The van der Waals surface area contributed by atoms with Crippen LogP contribution >= 0.6 is 11.3 Å². The largest absolute Gasteiger partial charge is 0.493 e. The molecule has 0 bridgehead atoms. The van der Waals surface area contributed by atoms with E-state index in [9.17, 15) is 18.0 Å². The van der Waals surface area contributed by atoms with Gasteiger partial charge in [-0.2, -0.15) is 13.2 Å². The van der Waals surface area contributed by atoms with Crippen LogP contribution in [0.2, 0.25) is 0 Å². The fourth-order valence-electron chi connectivity index (χ4n) is 2.92. The van der Waals surface area contributed by atoms with E-state index < -0.39 is 17.7 Å². The first-order valence-corrected chi connectivity index (χ1v) is 11.2. The summed E-state index contributed by atoms with van der Waals surface area (Å²) in [6, 6.07) is 3.75. The molecule has 0 fully saturated rings. The number of carbonyl (C=O) groups excluding carboxylic acids is 1. The Labute approximate surface area is 185 Å². The number of hydrogen-bond acceptors (Lipinski definition) is 5. The molecule has 0 N–H and O–H groups in total. The van der Waals surface area contributed by atoms with Gasteiger partial charge in [0.1, 0.15) is 5.75 Å². The molecule has 172 valence electrons. The molecular weight excluding hydrogens is 427 g/mol. The standard InChI is InChI=1S/C22H30F3N3O2S/c1-6-7-8-11-30-19-10-9-17(12-18(19)22(23,24)25)28(20(29)15(2)3)21-26-16(14-31-21)13-27(4)5/h9-10,12,14-15H,6-8,11,13H2,1-5H3. The molecule has 31 heavy (non-hydrogen) atoms. The zero-order valence-electron chi connectivity index (χ0n) is 18.6. The van der Waals surface area contributed by atoms with Gasteiger partial charge >= 0.3 is 6.18 Å². The Balaban J connectivity index is 2.45. The van der Waals surface area contributed by atoms with Crippen molar-refractivity contribution in [2.24, 2.45) is 5.92 Å². The molecular formula is C22H30F3N3O2S. The van der Waals surface area contributed by atoms with Gasteiger partial charge in [0.25, 0.3) is 0 Å². The molecule has 2 rings (SSSR count). The number of benzene rings is 1. The Morgan fingerprint density at radius 1 is 1.23 bits per heavy atom. The molecule has 0 aliphatic rings. The predicted octanol–water partition coefficient (Wildman–Crippen LogP) is 6.11. The summed E-state index contributed by atoms with van der Waals surface area (Å²) in [6.07, 6.45) is -2.09. The van der Waals surface area contributed by atoms with E-state index in [1.54, 1.807) is 13.8 Å². The SMILES string of the molecule is CCCCCOc1ccc(N(C(=O)C(C)C)c2nc(CN(C)C)cs2)cc1C(F)(F)F. The summed E-state index contributed by atoms with van der Waals surface area (Å²) < 4.78 is 46.7. The first-order chi connectivity index (χ1) is 14.5. The zero-order valence-corrected chi connectivity index (χ0v) is 19.4. The molecule has 0 saturated heterocycles. The number of hydrogen-bond donors (Lipinski definition) is 0. The number of aromatic nitrogens is 1. The Hall–Kier alpha value is -2.13. The van der Waals surface area contributed by atoms with Crippen molar-refractivity contribution in [3.63, 3.8) is 0 Å². The average Bonchev–Trinajstić information content (AvgIpc) is 3.12. The second-order valence-corrected chi connectivity index (χ2v) is 8.76. The Kier molecular flexibility index (Phi) is 8.88. The normalized spacial score (nSPS) is 11.9. The lowest BCUT2D eigenvalue weighted by Crippen LogP contribution is -2.30. The Morgan fingerprint density at radius 3 is 2.52 bits per heavy atom. The fourth-order valence-corrected chi connectivity index (χ4v) is 3.76. The van der Waals surface area contributed by atoms with Crippen LogP contribution in [-0.4, -0.2) is 36.5 Å². The van der Waals surface area contributed by atoms with Crippen molar-refractivity contribution >= 4 is 28.1 Å². The van der Waals surface area contributed by atoms with Crippen LogP contribution < -0.4 is 9.64 Å². The third kappa shape index (κ3) is 6.93. The maximum absolute atomic E-state index is 13.8. The molecule has 0 aliphatic heterocycles. The van der Waals surface area contributed by atoms with Gasteiger partial charge in [0, 0.05) is 17.8 Å². The van der Waals surface area contributed by atoms with Crippen LogP contribution in [0.1, 0.15) is 51.3 Å². The highest BCUT2D eigenvalue weighted by molar-refractivity contribution is 7.14. The van der Waals surface area contributed by atoms with Crippen LogP contribution in [0.5, 0.6) is 5.75 Å². The van der Waals surface area contributed by atoms with E-state index in [-0.39, 0.29) is 24.0 Å². The molecule has 0 unspecified atom stereocenters. The number of ether oxygens (including phenoxy) is 1. The van der Waals surface area contributed by atoms with Gasteiger partial charge in [0.15, 0.2) is 5.13 Å². The smallest absolute Gasteiger partial charge is 0.420 e. The van der Waals surface area contributed by atoms with Crippen molar-refractivity contribution in [1.82, 2.24) is 9.88 Å². The average molecular weight is 458 g/mol. The minimum absolute atomic E-state index is 0.123. The van der Waals surface area contributed by atoms with Crippen LogP contribution in [0.4, 0.5) is 24.0 Å². The van der Waals surface area contributed by atoms with Gasteiger partial charge in [-0.25, -0.2) is 4.98 Å². The van der Waals surface area contributed by atoms with E-state index in [0.29, 0.717) is 18.1 Å². The van der Waals surface area contributed by atoms with Crippen molar-refractivity contribution in [3.8, 4) is 5.75 Å². The fraction of sp³-hybridized carbons (Fsp3) is 0.545. The highest BCUT2D eigenvalue weighted by atomic mass is 32.1. The van der Waals surface area contributed by atoms with Crippen molar-refractivity contribution in [2.45, 2.75) is 52.8 Å². The van der Waals surface area contributed by atoms with Gasteiger partial charge in [0.05, 0.1) is 23.6 Å². The van der Waals surface area contributed by atoms with Crippen molar-refractivity contribution in [1.29, 1.82) is 0 Å². The number of anilines is 2. The quantitative estimate of drug-likeness (QED) is 0.404. The summed E-state index contributed by atoms with van der Waals surface area (Å²) in [5.74, 6) is -0.965. The number of carbonyl (C=O) groups is 1. The van der Waals surface area contributed by atoms with E-state index in [0.717, 1.165) is 24.6 Å². The predicted molar refractivity (Wildman–Crippen MR) is 118 cm³/mol.